The summed E-state index contributed by atoms with van der Waals surface area (Å²) in [7, 11) is 0. The fraction of sp³-hybridized carbons (Fsp3) is 0.692. The molecule has 0 bridgehead atoms. The van der Waals surface area contributed by atoms with Gasteiger partial charge in [-0.1, -0.05) is 18.1 Å². The topological polar surface area (TPSA) is 40.9 Å². The van der Waals surface area contributed by atoms with Gasteiger partial charge in [0.2, 0.25) is 0 Å². The van der Waals surface area contributed by atoms with E-state index in [4.69, 9.17) is 5.26 Å². The predicted molar refractivity (Wildman–Crippen MR) is 58.1 cm³/mol. The van der Waals surface area contributed by atoms with Crippen LogP contribution in [-0.4, -0.2) is 5.78 Å². The number of nitrogens with zero attached hydrogens (tertiary/aromatic N) is 1. The van der Waals surface area contributed by atoms with Crippen LogP contribution in [0.15, 0.2) is 11.6 Å². The normalized spacial score (nSPS) is 23.5. The Kier molecular flexibility index (Phi) is 2.90. The van der Waals surface area contributed by atoms with Gasteiger partial charge in [-0.2, -0.15) is 5.26 Å². The van der Waals surface area contributed by atoms with Gasteiger partial charge in [0.15, 0.2) is 5.78 Å². The van der Waals surface area contributed by atoms with Crippen molar-refractivity contribution in [3.05, 3.63) is 11.6 Å². The first-order chi connectivity index (χ1) is 7.27. The van der Waals surface area contributed by atoms with E-state index < -0.39 is 5.41 Å². The molecule has 0 unspecified atom stereocenters. The van der Waals surface area contributed by atoms with Crippen LogP contribution in [0.1, 0.15) is 51.4 Å². The molecule has 0 spiro atoms. The maximum absolute atomic E-state index is 11.9. The number of nitriles is 1. The Morgan fingerprint density at radius 1 is 1.40 bits per heavy atom. The molecule has 0 N–H and O–H groups in total. The van der Waals surface area contributed by atoms with E-state index in [0.717, 1.165) is 25.7 Å². The molecule has 0 aromatic heterocycles. The summed E-state index contributed by atoms with van der Waals surface area (Å²) in [6, 6.07) is 2.18. The molecule has 0 aromatic rings. The summed E-state index contributed by atoms with van der Waals surface area (Å²) in [5.74, 6) is 0.165. The van der Waals surface area contributed by atoms with Crippen molar-refractivity contribution in [2.75, 3.05) is 0 Å². The van der Waals surface area contributed by atoms with E-state index in [9.17, 15) is 4.79 Å². The Bertz CT molecular complexity index is 331. The minimum Gasteiger partial charge on any atom is -0.298 e. The molecular weight excluding hydrogens is 186 g/mol. The van der Waals surface area contributed by atoms with Gasteiger partial charge in [-0.25, -0.2) is 0 Å². The van der Waals surface area contributed by atoms with Gasteiger partial charge in [-0.05, 0) is 38.5 Å². The summed E-state index contributed by atoms with van der Waals surface area (Å²) in [5, 5.41) is 8.92. The van der Waals surface area contributed by atoms with E-state index >= 15 is 0 Å². The van der Waals surface area contributed by atoms with E-state index in [1.54, 1.807) is 0 Å². The molecule has 1 saturated carbocycles. The van der Waals surface area contributed by atoms with Gasteiger partial charge in [-0.15, -0.1) is 0 Å². The maximum Gasteiger partial charge on any atom is 0.157 e. The van der Waals surface area contributed by atoms with Crippen molar-refractivity contribution in [2.24, 2.45) is 5.41 Å². The number of hydrogen-bond donors (Lipinski definition) is 0. The van der Waals surface area contributed by atoms with Gasteiger partial charge in [0.25, 0.3) is 0 Å². The van der Waals surface area contributed by atoms with Gasteiger partial charge >= 0.3 is 0 Å². The standard InChI is InChI=1S/C13H17NO/c14-10-13(7-8-13)12(15)9-11-5-3-1-2-4-6-11/h5H,1-4,6-9H2. The summed E-state index contributed by atoms with van der Waals surface area (Å²) < 4.78 is 0. The Morgan fingerprint density at radius 3 is 2.87 bits per heavy atom. The van der Waals surface area contributed by atoms with Gasteiger partial charge in [-0.3, -0.25) is 4.79 Å². The molecule has 0 aromatic carbocycles. The minimum absolute atomic E-state index is 0.165. The fourth-order valence-corrected chi connectivity index (χ4v) is 2.20. The minimum atomic E-state index is -0.576. The highest BCUT2D eigenvalue weighted by Crippen LogP contribution is 2.47. The quantitative estimate of drug-likeness (QED) is 0.661. The lowest BCUT2D eigenvalue weighted by Crippen LogP contribution is -2.14. The summed E-state index contributed by atoms with van der Waals surface area (Å²) in [4.78, 5) is 11.9. The molecule has 2 heteroatoms. The van der Waals surface area contributed by atoms with E-state index in [-0.39, 0.29) is 5.78 Å². The molecule has 0 radical (unpaired) electrons. The van der Waals surface area contributed by atoms with E-state index in [0.29, 0.717) is 6.42 Å². The molecule has 2 aliphatic rings. The van der Waals surface area contributed by atoms with Crippen molar-refractivity contribution < 1.29 is 4.79 Å². The van der Waals surface area contributed by atoms with Crippen LogP contribution in [0.4, 0.5) is 0 Å². The first-order valence-electron chi connectivity index (χ1n) is 5.89. The van der Waals surface area contributed by atoms with Crippen molar-refractivity contribution in [1.82, 2.24) is 0 Å². The Labute approximate surface area is 91.0 Å². The van der Waals surface area contributed by atoms with Gasteiger partial charge < -0.3 is 0 Å². The molecule has 2 aliphatic carbocycles. The largest absolute Gasteiger partial charge is 0.298 e. The maximum atomic E-state index is 11.9. The molecule has 0 atom stereocenters. The third-order valence-corrected chi connectivity index (χ3v) is 3.52. The van der Waals surface area contributed by atoms with Crippen LogP contribution in [0.3, 0.4) is 0 Å². The van der Waals surface area contributed by atoms with Crippen molar-refractivity contribution in [2.45, 2.75) is 51.4 Å². The van der Waals surface area contributed by atoms with Crippen molar-refractivity contribution in [3.63, 3.8) is 0 Å². The summed E-state index contributed by atoms with van der Waals surface area (Å²) >= 11 is 0. The third-order valence-electron chi connectivity index (χ3n) is 3.52. The Balaban J connectivity index is 1.94. The number of hydrogen-bond acceptors (Lipinski definition) is 2. The average molecular weight is 203 g/mol. The van der Waals surface area contributed by atoms with Crippen LogP contribution in [0.5, 0.6) is 0 Å². The lowest BCUT2D eigenvalue weighted by Gasteiger charge is -2.07. The smallest absolute Gasteiger partial charge is 0.157 e. The van der Waals surface area contributed by atoms with E-state index in [1.165, 1.54) is 24.8 Å². The third kappa shape index (κ3) is 2.28. The van der Waals surface area contributed by atoms with Gasteiger partial charge in [0.1, 0.15) is 5.41 Å². The van der Waals surface area contributed by atoms with Crippen molar-refractivity contribution >= 4 is 5.78 Å². The number of rotatable bonds is 3. The molecule has 1 fully saturated rings. The summed E-state index contributed by atoms with van der Waals surface area (Å²) in [6.45, 7) is 0. The first kappa shape index (κ1) is 10.4. The molecular formula is C13H17NO. The fourth-order valence-electron chi connectivity index (χ4n) is 2.20. The number of Topliss-reactive ketones (excluding diaryl/α,β-unsaturated/α-hetero) is 1. The number of allylic oxidation sites excluding steroid dienone is 2. The highest BCUT2D eigenvalue weighted by Gasteiger charge is 2.49. The monoisotopic (exact) mass is 203 g/mol. The zero-order valence-corrected chi connectivity index (χ0v) is 9.09. The van der Waals surface area contributed by atoms with Crippen LogP contribution < -0.4 is 0 Å². The van der Waals surface area contributed by atoms with Crippen molar-refractivity contribution in [3.8, 4) is 6.07 Å². The highest BCUT2D eigenvalue weighted by molar-refractivity contribution is 5.91. The lowest BCUT2D eigenvalue weighted by molar-refractivity contribution is -0.121. The Hall–Kier alpha value is -1.10. The number of carbonyl (C=O) groups excluding carboxylic acids is 1. The lowest BCUT2D eigenvalue weighted by atomic mass is 9.94. The second kappa shape index (κ2) is 4.18. The molecule has 0 aliphatic heterocycles. The van der Waals surface area contributed by atoms with Crippen LogP contribution >= 0.6 is 0 Å². The summed E-state index contributed by atoms with van der Waals surface area (Å²) in [5.41, 5.74) is 0.701. The molecule has 0 saturated heterocycles. The predicted octanol–water partition coefficient (Wildman–Crippen LogP) is 3.14. The SMILES string of the molecule is N#CC1(C(=O)CC2=CCCCCC2)CC1. The second-order valence-corrected chi connectivity index (χ2v) is 4.76. The molecule has 2 nitrogen and oxygen atoms in total. The van der Waals surface area contributed by atoms with E-state index in [1.807, 2.05) is 0 Å². The van der Waals surface area contributed by atoms with Crippen molar-refractivity contribution in [1.29, 1.82) is 5.26 Å². The van der Waals surface area contributed by atoms with Crippen LogP contribution in [-0.2, 0) is 4.79 Å². The second-order valence-electron chi connectivity index (χ2n) is 4.76. The zero-order valence-electron chi connectivity index (χ0n) is 9.09. The molecule has 2 rings (SSSR count). The van der Waals surface area contributed by atoms with Crippen LogP contribution in [0, 0.1) is 16.7 Å². The average Bonchev–Trinajstić information content (AvgIpc) is 3.03. The van der Waals surface area contributed by atoms with E-state index in [2.05, 4.69) is 12.1 Å². The summed E-state index contributed by atoms with van der Waals surface area (Å²) in [6.07, 6.45) is 10.2. The first-order valence-corrected chi connectivity index (χ1v) is 5.89. The van der Waals surface area contributed by atoms with Gasteiger partial charge in [0, 0.05) is 6.42 Å². The zero-order chi connectivity index (χ0) is 10.7. The van der Waals surface area contributed by atoms with Crippen LogP contribution in [0.2, 0.25) is 0 Å². The van der Waals surface area contributed by atoms with Crippen LogP contribution in [0.25, 0.3) is 0 Å². The van der Waals surface area contributed by atoms with Gasteiger partial charge in [0.05, 0.1) is 6.07 Å². The number of carbonyl (C=O) groups is 1. The molecule has 15 heavy (non-hydrogen) atoms. The molecule has 80 valence electrons. The number of ketones is 1. The highest BCUT2D eigenvalue weighted by atomic mass is 16.1. The molecule has 0 amide bonds. The Morgan fingerprint density at radius 2 is 2.20 bits per heavy atom. The molecule has 0 heterocycles.